The molecule has 0 saturated carbocycles. The summed E-state index contributed by atoms with van der Waals surface area (Å²) >= 11 is 0. The van der Waals surface area contributed by atoms with Crippen LogP contribution in [0.2, 0.25) is 0 Å². The number of rotatable bonds is 3. The van der Waals surface area contributed by atoms with Gasteiger partial charge in [0.15, 0.2) is 0 Å². The highest BCUT2D eigenvalue weighted by atomic mass is 16.5. The number of methoxy groups -OCH3 is 1. The van der Waals surface area contributed by atoms with E-state index in [-0.39, 0.29) is 6.54 Å². The first-order chi connectivity index (χ1) is 10.1. The molecule has 2 rings (SSSR count). The molecule has 0 N–H and O–H groups in total. The Morgan fingerprint density at radius 3 is 2.48 bits per heavy atom. The number of imide groups is 1. The van der Waals surface area contributed by atoms with Gasteiger partial charge in [0.1, 0.15) is 0 Å². The zero-order chi connectivity index (χ0) is 15.2. The summed E-state index contributed by atoms with van der Waals surface area (Å²) in [5.74, 6) is -0.398. The topological polar surface area (TPSA) is 59.5 Å². The molecule has 0 bridgehead atoms. The zero-order valence-electron chi connectivity index (χ0n) is 11.9. The summed E-state index contributed by atoms with van der Waals surface area (Å²) in [5.41, 5.74) is 1.89. The van der Waals surface area contributed by atoms with E-state index < -0.39 is 12.0 Å². The Hall–Kier alpha value is -2.69. The number of carbonyl (C=O) groups excluding carboxylic acids is 2. The smallest absolute Gasteiger partial charge is 0.416 e. The minimum Gasteiger partial charge on any atom is -0.452 e. The van der Waals surface area contributed by atoms with Gasteiger partial charge in [0, 0.05) is 11.8 Å². The lowest BCUT2D eigenvalue weighted by Crippen LogP contribution is -2.36. The molecule has 2 amide bonds. The Labute approximate surface area is 123 Å². The van der Waals surface area contributed by atoms with Crippen LogP contribution < -0.4 is 0 Å². The predicted octanol–water partition coefficient (Wildman–Crippen LogP) is 2.80. The molecule has 2 aromatic rings. The van der Waals surface area contributed by atoms with Crippen molar-refractivity contribution in [3.05, 3.63) is 65.5 Å². The monoisotopic (exact) mass is 284 g/mol. The van der Waals surface area contributed by atoms with Crippen LogP contribution in [-0.4, -0.2) is 29.0 Å². The van der Waals surface area contributed by atoms with Gasteiger partial charge in [-0.15, -0.1) is 0 Å². The molecule has 108 valence electrons. The molecule has 0 spiro atoms. The standard InChI is InChI=1S/C16H16N2O3/c1-12-7-3-4-9-14(12)15(19)18(16(20)21-2)11-13-8-5-6-10-17-13/h3-10H,11H2,1-2H3. The minimum atomic E-state index is -0.700. The summed E-state index contributed by atoms with van der Waals surface area (Å²) in [5, 5.41) is 0. The summed E-state index contributed by atoms with van der Waals surface area (Å²) < 4.78 is 4.71. The number of ether oxygens (including phenoxy) is 1. The van der Waals surface area contributed by atoms with E-state index in [4.69, 9.17) is 4.74 Å². The molecule has 0 radical (unpaired) electrons. The average molecular weight is 284 g/mol. The van der Waals surface area contributed by atoms with Crippen LogP contribution in [0.5, 0.6) is 0 Å². The maximum atomic E-state index is 12.6. The van der Waals surface area contributed by atoms with Gasteiger partial charge in [-0.25, -0.2) is 9.69 Å². The van der Waals surface area contributed by atoms with Crippen LogP contribution in [-0.2, 0) is 11.3 Å². The molecule has 21 heavy (non-hydrogen) atoms. The van der Waals surface area contributed by atoms with Gasteiger partial charge in [-0.1, -0.05) is 24.3 Å². The lowest BCUT2D eigenvalue weighted by atomic mass is 10.1. The Balaban J connectivity index is 2.30. The predicted molar refractivity (Wildman–Crippen MR) is 77.7 cm³/mol. The first-order valence-electron chi connectivity index (χ1n) is 6.49. The van der Waals surface area contributed by atoms with E-state index in [0.29, 0.717) is 11.3 Å². The van der Waals surface area contributed by atoms with Crippen molar-refractivity contribution in [2.45, 2.75) is 13.5 Å². The Morgan fingerprint density at radius 2 is 1.86 bits per heavy atom. The molecular weight excluding hydrogens is 268 g/mol. The first-order valence-corrected chi connectivity index (χ1v) is 6.49. The van der Waals surface area contributed by atoms with Crippen LogP contribution in [0.3, 0.4) is 0 Å². The number of hydrogen-bond donors (Lipinski definition) is 0. The van der Waals surface area contributed by atoms with Crippen molar-refractivity contribution in [3.8, 4) is 0 Å². The van der Waals surface area contributed by atoms with Gasteiger partial charge in [-0.05, 0) is 30.7 Å². The van der Waals surface area contributed by atoms with Crippen molar-refractivity contribution in [3.63, 3.8) is 0 Å². The van der Waals surface area contributed by atoms with Gasteiger partial charge in [0.2, 0.25) is 0 Å². The molecule has 0 saturated heterocycles. The van der Waals surface area contributed by atoms with Gasteiger partial charge in [-0.2, -0.15) is 0 Å². The van der Waals surface area contributed by atoms with Crippen LogP contribution in [0.15, 0.2) is 48.7 Å². The molecule has 5 heteroatoms. The number of aryl methyl sites for hydroxylation is 1. The number of aromatic nitrogens is 1. The molecule has 0 fully saturated rings. The summed E-state index contributed by atoms with van der Waals surface area (Å²) in [4.78, 5) is 29.6. The van der Waals surface area contributed by atoms with Crippen molar-refractivity contribution in [2.24, 2.45) is 0 Å². The van der Waals surface area contributed by atoms with Gasteiger partial charge in [-0.3, -0.25) is 9.78 Å². The molecule has 1 aromatic heterocycles. The fraction of sp³-hybridized carbons (Fsp3) is 0.188. The number of pyridine rings is 1. The third-order valence-electron chi connectivity index (χ3n) is 3.06. The van der Waals surface area contributed by atoms with Gasteiger partial charge < -0.3 is 4.74 Å². The van der Waals surface area contributed by atoms with E-state index in [1.807, 2.05) is 19.1 Å². The van der Waals surface area contributed by atoms with Crippen molar-refractivity contribution >= 4 is 12.0 Å². The molecule has 0 aliphatic heterocycles. The Morgan fingerprint density at radius 1 is 1.14 bits per heavy atom. The van der Waals surface area contributed by atoms with Crippen LogP contribution in [0.1, 0.15) is 21.6 Å². The van der Waals surface area contributed by atoms with Crippen molar-refractivity contribution in [1.82, 2.24) is 9.88 Å². The third-order valence-corrected chi connectivity index (χ3v) is 3.06. The van der Waals surface area contributed by atoms with E-state index in [1.165, 1.54) is 7.11 Å². The molecule has 5 nitrogen and oxygen atoms in total. The third kappa shape index (κ3) is 3.45. The SMILES string of the molecule is COC(=O)N(Cc1ccccn1)C(=O)c1ccccc1C. The number of nitrogens with zero attached hydrogens (tertiary/aromatic N) is 2. The Kier molecular flexibility index (Phi) is 4.66. The van der Waals surface area contributed by atoms with Crippen molar-refractivity contribution in [1.29, 1.82) is 0 Å². The normalized spacial score (nSPS) is 10.0. The number of benzene rings is 1. The minimum absolute atomic E-state index is 0.0701. The van der Waals surface area contributed by atoms with Crippen LogP contribution in [0.25, 0.3) is 0 Å². The summed E-state index contributed by atoms with van der Waals surface area (Å²) in [7, 11) is 1.25. The number of amides is 2. The van der Waals surface area contributed by atoms with Crippen molar-refractivity contribution in [2.75, 3.05) is 7.11 Å². The maximum absolute atomic E-state index is 12.6. The highest BCUT2D eigenvalue weighted by molar-refractivity contribution is 6.03. The summed E-state index contributed by atoms with van der Waals surface area (Å²) in [6.07, 6.45) is 0.914. The fourth-order valence-corrected chi connectivity index (χ4v) is 1.94. The van der Waals surface area contributed by atoms with Gasteiger partial charge >= 0.3 is 6.09 Å². The van der Waals surface area contributed by atoms with E-state index in [1.54, 1.807) is 36.5 Å². The van der Waals surface area contributed by atoms with E-state index >= 15 is 0 Å². The second kappa shape index (κ2) is 6.65. The largest absolute Gasteiger partial charge is 0.452 e. The number of carbonyl (C=O) groups is 2. The zero-order valence-corrected chi connectivity index (χ0v) is 11.9. The van der Waals surface area contributed by atoms with Crippen LogP contribution in [0.4, 0.5) is 4.79 Å². The lowest BCUT2D eigenvalue weighted by Gasteiger charge is -2.19. The molecular formula is C16H16N2O3. The second-order valence-corrected chi connectivity index (χ2v) is 4.50. The van der Waals surface area contributed by atoms with E-state index in [0.717, 1.165) is 10.5 Å². The molecule has 0 aliphatic carbocycles. The summed E-state index contributed by atoms with van der Waals surface area (Å²) in [6.45, 7) is 1.89. The Bertz CT molecular complexity index is 641. The maximum Gasteiger partial charge on any atom is 0.416 e. The van der Waals surface area contributed by atoms with E-state index in [2.05, 4.69) is 4.98 Å². The molecule has 1 heterocycles. The molecule has 0 atom stereocenters. The van der Waals surface area contributed by atoms with Crippen molar-refractivity contribution < 1.29 is 14.3 Å². The van der Waals surface area contributed by atoms with Gasteiger partial charge in [0.25, 0.3) is 5.91 Å². The number of hydrogen-bond acceptors (Lipinski definition) is 4. The average Bonchev–Trinajstić information content (AvgIpc) is 2.53. The second-order valence-electron chi connectivity index (χ2n) is 4.50. The molecule has 0 aliphatic rings. The lowest BCUT2D eigenvalue weighted by molar-refractivity contribution is 0.0690. The highest BCUT2D eigenvalue weighted by Gasteiger charge is 2.25. The summed E-state index contributed by atoms with van der Waals surface area (Å²) in [6, 6.07) is 12.4. The van der Waals surface area contributed by atoms with Crippen LogP contribution >= 0.6 is 0 Å². The molecule has 0 unspecified atom stereocenters. The quantitative estimate of drug-likeness (QED) is 0.869. The highest BCUT2D eigenvalue weighted by Crippen LogP contribution is 2.13. The first kappa shape index (κ1) is 14.7. The van der Waals surface area contributed by atoms with E-state index in [9.17, 15) is 9.59 Å². The molecule has 1 aromatic carbocycles. The van der Waals surface area contributed by atoms with Crippen LogP contribution in [0, 0.1) is 6.92 Å². The fourth-order valence-electron chi connectivity index (χ4n) is 1.94. The van der Waals surface area contributed by atoms with Gasteiger partial charge in [0.05, 0.1) is 19.3 Å².